The van der Waals surface area contributed by atoms with E-state index in [9.17, 15) is 4.79 Å². The van der Waals surface area contributed by atoms with E-state index in [2.05, 4.69) is 10.2 Å². The van der Waals surface area contributed by atoms with Crippen molar-refractivity contribution in [1.82, 2.24) is 10.2 Å². The molecule has 5 nitrogen and oxygen atoms in total. The van der Waals surface area contributed by atoms with Crippen molar-refractivity contribution in [2.75, 3.05) is 5.75 Å². The monoisotopic (exact) mass is 254 g/mol. The number of aryl methyl sites for hydroxylation is 1. The molecule has 0 spiro atoms. The molecule has 2 N–H and O–H groups in total. The van der Waals surface area contributed by atoms with Crippen molar-refractivity contribution in [3.8, 4) is 6.07 Å². The van der Waals surface area contributed by atoms with Crippen molar-refractivity contribution in [2.24, 2.45) is 5.73 Å². The number of carbonyl (C=O) groups is 1. The predicted molar refractivity (Wildman–Crippen MR) is 62.9 cm³/mol. The van der Waals surface area contributed by atoms with Crippen LogP contribution >= 0.6 is 23.1 Å². The highest BCUT2D eigenvalue weighted by Gasteiger charge is 2.13. The Hall–Kier alpha value is -1.39. The van der Waals surface area contributed by atoms with E-state index in [1.165, 1.54) is 30.0 Å². The van der Waals surface area contributed by atoms with Crippen LogP contribution in [-0.2, 0) is 4.79 Å². The predicted octanol–water partition coefficient (Wildman–Crippen LogP) is 1.26. The van der Waals surface area contributed by atoms with Gasteiger partial charge in [0, 0.05) is 5.70 Å². The molecule has 0 atom stereocenters. The number of rotatable bonds is 4. The Labute approximate surface area is 101 Å². The molecule has 0 unspecified atom stereocenters. The van der Waals surface area contributed by atoms with E-state index < -0.39 is 0 Å². The molecule has 0 bridgehead atoms. The van der Waals surface area contributed by atoms with Crippen molar-refractivity contribution >= 4 is 28.9 Å². The first-order chi connectivity index (χ1) is 7.54. The third kappa shape index (κ3) is 3.32. The first-order valence-corrected chi connectivity index (χ1v) is 6.17. The lowest BCUT2D eigenvalue weighted by Gasteiger charge is -1.98. The van der Waals surface area contributed by atoms with Crippen molar-refractivity contribution in [2.45, 2.75) is 18.2 Å². The number of aromatic nitrogens is 2. The lowest BCUT2D eigenvalue weighted by molar-refractivity contribution is -0.112. The van der Waals surface area contributed by atoms with Crippen molar-refractivity contribution in [3.63, 3.8) is 0 Å². The Morgan fingerprint density at radius 3 is 2.75 bits per heavy atom. The van der Waals surface area contributed by atoms with Crippen LogP contribution in [0.1, 0.15) is 11.9 Å². The Balaban J connectivity index is 2.61. The summed E-state index contributed by atoms with van der Waals surface area (Å²) >= 11 is 2.68. The van der Waals surface area contributed by atoms with Crippen LogP contribution in [0.25, 0.3) is 0 Å². The Bertz CT molecular complexity index is 468. The second-order valence-electron chi connectivity index (χ2n) is 2.97. The molecular weight excluding hydrogens is 244 g/mol. The van der Waals surface area contributed by atoms with Gasteiger partial charge in [-0.1, -0.05) is 23.1 Å². The Morgan fingerprint density at radius 2 is 2.31 bits per heavy atom. The van der Waals surface area contributed by atoms with Crippen molar-refractivity contribution < 1.29 is 4.79 Å². The molecule has 0 saturated heterocycles. The number of hydrogen-bond acceptors (Lipinski definition) is 7. The summed E-state index contributed by atoms with van der Waals surface area (Å²) in [5.74, 6) is -0.119. The summed E-state index contributed by atoms with van der Waals surface area (Å²) in [4.78, 5) is 11.6. The van der Waals surface area contributed by atoms with Gasteiger partial charge in [0.1, 0.15) is 16.6 Å². The van der Waals surface area contributed by atoms with Gasteiger partial charge in [-0.2, -0.15) is 5.26 Å². The Morgan fingerprint density at radius 1 is 1.62 bits per heavy atom. The van der Waals surface area contributed by atoms with Gasteiger partial charge in [0.25, 0.3) is 0 Å². The number of thioether (sulfide) groups is 1. The van der Waals surface area contributed by atoms with Crippen LogP contribution in [0.5, 0.6) is 0 Å². The first-order valence-electron chi connectivity index (χ1n) is 4.37. The summed E-state index contributed by atoms with van der Waals surface area (Å²) in [5.41, 5.74) is 5.70. The van der Waals surface area contributed by atoms with Gasteiger partial charge in [0.05, 0.1) is 5.75 Å². The third-order valence-electron chi connectivity index (χ3n) is 1.62. The van der Waals surface area contributed by atoms with Crippen LogP contribution in [0.3, 0.4) is 0 Å². The second-order valence-corrected chi connectivity index (χ2v) is 5.37. The number of Topliss-reactive ketones (excluding diaryl/α,β-unsaturated/α-hetero) is 1. The highest BCUT2D eigenvalue weighted by Crippen LogP contribution is 2.22. The molecule has 0 radical (unpaired) electrons. The zero-order chi connectivity index (χ0) is 12.1. The number of nitrogens with two attached hydrogens (primary N) is 1. The van der Waals surface area contributed by atoms with Crippen molar-refractivity contribution in [1.29, 1.82) is 5.26 Å². The number of carbonyl (C=O) groups excluding carboxylic acids is 1. The zero-order valence-electron chi connectivity index (χ0n) is 8.85. The van der Waals surface area contributed by atoms with Crippen LogP contribution in [0.15, 0.2) is 15.6 Å². The summed E-state index contributed by atoms with van der Waals surface area (Å²) in [7, 11) is 0. The molecule has 84 valence electrons. The van der Waals surface area contributed by atoms with Crippen LogP contribution < -0.4 is 5.73 Å². The molecular formula is C9H10N4OS2. The second kappa shape index (κ2) is 5.63. The summed E-state index contributed by atoms with van der Waals surface area (Å²) < 4.78 is 0.720. The maximum Gasteiger partial charge on any atom is 0.185 e. The largest absolute Gasteiger partial charge is 0.401 e. The van der Waals surface area contributed by atoms with E-state index in [0.717, 1.165) is 9.35 Å². The normalized spacial score (nSPS) is 11.8. The standard InChI is InChI=1S/C9H10N4OS2/c1-5(11)7(3-10)8(14)4-15-9-13-12-6(2)16-9/h4,11H2,1-2H3. The number of ketones is 1. The molecule has 0 aliphatic carbocycles. The van der Waals surface area contributed by atoms with E-state index in [1.807, 2.05) is 6.92 Å². The molecule has 0 amide bonds. The van der Waals surface area contributed by atoms with Crippen LogP contribution in [-0.4, -0.2) is 21.7 Å². The summed E-state index contributed by atoms with van der Waals surface area (Å²) in [6, 6.07) is 1.80. The molecule has 16 heavy (non-hydrogen) atoms. The molecule has 0 aromatic carbocycles. The SMILES string of the molecule is CC(N)=C(C#N)C(=O)CSc1nnc(C)s1. The topological polar surface area (TPSA) is 92.7 Å². The molecule has 0 fully saturated rings. The molecule has 0 saturated carbocycles. The average molecular weight is 254 g/mol. The van der Waals surface area contributed by atoms with E-state index in [1.54, 1.807) is 6.07 Å². The minimum absolute atomic E-state index is 0.0220. The summed E-state index contributed by atoms with van der Waals surface area (Å²) in [6.45, 7) is 3.38. The molecule has 1 aromatic heterocycles. The maximum atomic E-state index is 11.6. The third-order valence-corrected chi connectivity index (χ3v) is 3.59. The zero-order valence-corrected chi connectivity index (χ0v) is 10.5. The molecule has 0 aliphatic rings. The Kier molecular flexibility index (Phi) is 4.46. The fourth-order valence-electron chi connectivity index (χ4n) is 0.907. The van der Waals surface area contributed by atoms with E-state index in [4.69, 9.17) is 11.0 Å². The minimum Gasteiger partial charge on any atom is -0.401 e. The van der Waals surface area contributed by atoms with E-state index in [0.29, 0.717) is 0 Å². The quantitative estimate of drug-likeness (QED) is 0.494. The number of hydrogen-bond donors (Lipinski definition) is 1. The van der Waals surface area contributed by atoms with Gasteiger partial charge in [-0.3, -0.25) is 4.79 Å². The highest BCUT2D eigenvalue weighted by molar-refractivity contribution is 8.01. The molecule has 1 rings (SSSR count). The minimum atomic E-state index is -0.277. The lowest BCUT2D eigenvalue weighted by Crippen LogP contribution is -2.10. The average Bonchev–Trinajstić information content (AvgIpc) is 2.62. The fraction of sp³-hybridized carbons (Fsp3) is 0.333. The summed E-state index contributed by atoms with van der Waals surface area (Å²) in [5, 5.41) is 17.3. The molecule has 0 aliphatic heterocycles. The van der Waals surface area contributed by atoms with Gasteiger partial charge in [-0.15, -0.1) is 10.2 Å². The lowest BCUT2D eigenvalue weighted by atomic mass is 10.2. The molecule has 1 aromatic rings. The van der Waals surface area contributed by atoms with Gasteiger partial charge in [0.2, 0.25) is 0 Å². The van der Waals surface area contributed by atoms with Gasteiger partial charge in [0.15, 0.2) is 10.1 Å². The number of nitriles is 1. The van der Waals surface area contributed by atoms with E-state index >= 15 is 0 Å². The van der Waals surface area contributed by atoms with Crippen LogP contribution in [0, 0.1) is 18.3 Å². The molecule has 1 heterocycles. The van der Waals surface area contributed by atoms with Gasteiger partial charge >= 0.3 is 0 Å². The smallest absolute Gasteiger partial charge is 0.185 e. The van der Waals surface area contributed by atoms with Gasteiger partial charge in [-0.25, -0.2) is 0 Å². The van der Waals surface area contributed by atoms with Crippen LogP contribution in [0.2, 0.25) is 0 Å². The van der Waals surface area contributed by atoms with Crippen LogP contribution in [0.4, 0.5) is 0 Å². The fourth-order valence-corrected chi connectivity index (χ4v) is 2.59. The van der Waals surface area contributed by atoms with Gasteiger partial charge < -0.3 is 5.73 Å². The number of allylic oxidation sites excluding steroid dienone is 2. The maximum absolute atomic E-state index is 11.6. The summed E-state index contributed by atoms with van der Waals surface area (Å²) in [6.07, 6.45) is 0. The molecule has 7 heteroatoms. The van der Waals surface area contributed by atoms with Crippen molar-refractivity contribution in [3.05, 3.63) is 16.3 Å². The van der Waals surface area contributed by atoms with E-state index in [-0.39, 0.29) is 22.8 Å². The van der Waals surface area contributed by atoms with Gasteiger partial charge in [-0.05, 0) is 13.8 Å². The highest BCUT2D eigenvalue weighted by atomic mass is 32.2. The number of nitrogens with zero attached hydrogens (tertiary/aromatic N) is 3. The first kappa shape index (κ1) is 12.7.